The smallest absolute Gasteiger partial charge is 0.324 e. The summed E-state index contributed by atoms with van der Waals surface area (Å²) in [6, 6.07) is 8.96. The van der Waals surface area contributed by atoms with Gasteiger partial charge in [0.05, 0.1) is 11.7 Å². The third-order valence-corrected chi connectivity index (χ3v) is 4.90. The van der Waals surface area contributed by atoms with Gasteiger partial charge in [-0.2, -0.15) is 10.1 Å². The van der Waals surface area contributed by atoms with E-state index in [1.807, 2.05) is 51.1 Å². The average molecular weight is 436 g/mol. The zero-order valence-electron chi connectivity index (χ0n) is 17.1. The van der Waals surface area contributed by atoms with Gasteiger partial charge in [0, 0.05) is 34.9 Å². The molecule has 158 valence electrons. The Balaban J connectivity index is 1.44. The van der Waals surface area contributed by atoms with E-state index in [4.69, 9.17) is 0 Å². The Labute approximate surface area is 182 Å². The number of amides is 2. The van der Waals surface area contributed by atoms with Crippen LogP contribution in [0.2, 0.25) is 0 Å². The first-order valence-corrected chi connectivity index (χ1v) is 10.3. The van der Waals surface area contributed by atoms with E-state index in [1.165, 1.54) is 11.3 Å². The van der Waals surface area contributed by atoms with Crippen LogP contribution in [-0.4, -0.2) is 31.2 Å². The number of benzene rings is 1. The lowest BCUT2D eigenvalue weighted by atomic mass is 10.2. The Morgan fingerprint density at radius 1 is 1.00 bits per heavy atom. The molecule has 0 aliphatic carbocycles. The Bertz CT molecular complexity index is 1200. The van der Waals surface area contributed by atoms with E-state index in [0.717, 1.165) is 22.6 Å². The molecule has 0 saturated carbocycles. The van der Waals surface area contributed by atoms with E-state index in [2.05, 4.69) is 46.4 Å². The van der Waals surface area contributed by atoms with Gasteiger partial charge in [-0.25, -0.2) is 9.78 Å². The van der Waals surface area contributed by atoms with Crippen LogP contribution in [0, 0.1) is 20.8 Å². The van der Waals surface area contributed by atoms with E-state index < -0.39 is 0 Å². The molecule has 0 aliphatic rings. The van der Waals surface area contributed by atoms with Gasteiger partial charge in [-0.3, -0.25) is 15.4 Å². The van der Waals surface area contributed by atoms with Gasteiger partial charge in [0.15, 0.2) is 5.82 Å². The lowest BCUT2D eigenvalue weighted by molar-refractivity contribution is 0.262. The quantitative estimate of drug-likeness (QED) is 0.296. The molecule has 11 heteroatoms. The second-order valence-electron chi connectivity index (χ2n) is 6.88. The summed E-state index contributed by atoms with van der Waals surface area (Å²) >= 11 is 1.35. The SMILES string of the molecule is Cc1cc(Nc2cc(C)[nH]n2)nc(Nc2ccc(NC(=O)Nc3cncs3)cc2C)n1. The number of H-pyrrole nitrogens is 1. The highest BCUT2D eigenvalue weighted by Crippen LogP contribution is 2.24. The van der Waals surface area contributed by atoms with E-state index in [0.29, 0.717) is 28.3 Å². The number of nitrogens with zero attached hydrogens (tertiary/aromatic N) is 4. The molecule has 0 unspecified atom stereocenters. The molecule has 0 radical (unpaired) electrons. The topological polar surface area (TPSA) is 133 Å². The number of urea groups is 1. The molecule has 0 fully saturated rings. The van der Waals surface area contributed by atoms with Crippen molar-refractivity contribution in [2.45, 2.75) is 20.8 Å². The van der Waals surface area contributed by atoms with Crippen LogP contribution in [0.15, 0.2) is 42.0 Å². The molecule has 5 N–H and O–H groups in total. The Morgan fingerprint density at radius 2 is 1.87 bits per heavy atom. The first-order chi connectivity index (χ1) is 14.9. The van der Waals surface area contributed by atoms with Gasteiger partial charge in [-0.05, 0) is 44.5 Å². The van der Waals surface area contributed by atoms with Crippen LogP contribution in [0.3, 0.4) is 0 Å². The van der Waals surface area contributed by atoms with Crippen molar-refractivity contribution in [3.8, 4) is 0 Å². The van der Waals surface area contributed by atoms with Crippen molar-refractivity contribution in [3.63, 3.8) is 0 Å². The number of nitrogens with one attached hydrogen (secondary N) is 5. The molecule has 3 heterocycles. The van der Waals surface area contributed by atoms with Crippen LogP contribution in [0.1, 0.15) is 17.0 Å². The second-order valence-corrected chi connectivity index (χ2v) is 7.77. The molecule has 0 saturated heterocycles. The highest BCUT2D eigenvalue weighted by Gasteiger charge is 2.09. The predicted molar refractivity (Wildman–Crippen MR) is 123 cm³/mol. The minimum Gasteiger partial charge on any atom is -0.324 e. The number of hydrogen-bond acceptors (Lipinski definition) is 8. The van der Waals surface area contributed by atoms with Gasteiger partial charge in [0.25, 0.3) is 0 Å². The van der Waals surface area contributed by atoms with Gasteiger partial charge in [-0.15, -0.1) is 11.3 Å². The molecule has 31 heavy (non-hydrogen) atoms. The van der Waals surface area contributed by atoms with Crippen LogP contribution in [0.25, 0.3) is 0 Å². The van der Waals surface area contributed by atoms with Crippen molar-refractivity contribution in [1.29, 1.82) is 0 Å². The van der Waals surface area contributed by atoms with Gasteiger partial charge in [-0.1, -0.05) is 0 Å². The van der Waals surface area contributed by atoms with Crippen molar-refractivity contribution in [1.82, 2.24) is 25.1 Å². The number of rotatable bonds is 6. The highest BCUT2D eigenvalue weighted by atomic mass is 32.1. The van der Waals surface area contributed by atoms with Crippen molar-refractivity contribution in [2.24, 2.45) is 0 Å². The minimum atomic E-state index is -0.323. The zero-order valence-corrected chi connectivity index (χ0v) is 18.0. The molecule has 1 aromatic carbocycles. The number of carbonyl (C=O) groups excluding carboxylic acids is 1. The Hall–Kier alpha value is -3.99. The van der Waals surface area contributed by atoms with Crippen LogP contribution in [0.4, 0.5) is 38.8 Å². The molecular formula is C20H21N9OS. The van der Waals surface area contributed by atoms with E-state index in [-0.39, 0.29) is 6.03 Å². The standard InChI is InChI=1S/C20H21N9OS/c1-11-6-14(23-20(30)27-18-9-21-10-31-18)4-5-15(11)24-19-22-12(2)7-16(26-19)25-17-8-13(3)28-29-17/h4-10H,1-3H3,(H2,23,27,30)(H3,22,24,25,26,28,29). The lowest BCUT2D eigenvalue weighted by Gasteiger charge is -2.12. The van der Waals surface area contributed by atoms with Gasteiger partial charge in [0.1, 0.15) is 10.8 Å². The van der Waals surface area contributed by atoms with Crippen molar-refractivity contribution >= 4 is 51.3 Å². The Kier molecular flexibility index (Phi) is 5.76. The fourth-order valence-corrected chi connectivity index (χ4v) is 3.36. The summed E-state index contributed by atoms with van der Waals surface area (Å²) in [5, 5.41) is 19.7. The molecule has 2 amide bonds. The molecule has 4 aromatic rings. The maximum Gasteiger partial charge on any atom is 0.324 e. The summed E-state index contributed by atoms with van der Waals surface area (Å²) < 4.78 is 0. The van der Waals surface area contributed by atoms with Gasteiger partial charge in [0.2, 0.25) is 5.95 Å². The Morgan fingerprint density at radius 3 is 2.58 bits per heavy atom. The highest BCUT2D eigenvalue weighted by molar-refractivity contribution is 7.14. The molecule has 4 rings (SSSR count). The molecule has 3 aromatic heterocycles. The minimum absolute atomic E-state index is 0.323. The van der Waals surface area contributed by atoms with Gasteiger partial charge >= 0.3 is 6.03 Å². The number of carbonyl (C=O) groups is 1. The second kappa shape index (κ2) is 8.79. The average Bonchev–Trinajstić information content (AvgIpc) is 3.35. The summed E-state index contributed by atoms with van der Waals surface area (Å²) in [5.74, 6) is 1.78. The number of hydrogen-bond donors (Lipinski definition) is 5. The number of anilines is 6. The fraction of sp³-hybridized carbons (Fsp3) is 0.150. The normalized spacial score (nSPS) is 10.5. The molecular weight excluding hydrogens is 414 g/mol. The van der Waals surface area contributed by atoms with Gasteiger partial charge < -0.3 is 16.0 Å². The zero-order chi connectivity index (χ0) is 21.8. The monoisotopic (exact) mass is 435 g/mol. The maximum atomic E-state index is 12.1. The summed E-state index contributed by atoms with van der Waals surface area (Å²) in [7, 11) is 0. The lowest BCUT2D eigenvalue weighted by Crippen LogP contribution is -2.18. The van der Waals surface area contributed by atoms with E-state index >= 15 is 0 Å². The maximum absolute atomic E-state index is 12.1. The summed E-state index contributed by atoms with van der Waals surface area (Å²) in [4.78, 5) is 25.0. The van der Waals surface area contributed by atoms with Crippen LogP contribution >= 0.6 is 11.3 Å². The van der Waals surface area contributed by atoms with Crippen molar-refractivity contribution in [3.05, 3.63) is 59.0 Å². The number of aryl methyl sites for hydroxylation is 3. The molecule has 0 aliphatic heterocycles. The summed E-state index contributed by atoms with van der Waals surface area (Å²) in [6.07, 6.45) is 1.60. The van der Waals surface area contributed by atoms with Crippen LogP contribution in [0.5, 0.6) is 0 Å². The van der Waals surface area contributed by atoms with E-state index in [1.54, 1.807) is 11.7 Å². The van der Waals surface area contributed by atoms with Crippen molar-refractivity contribution < 1.29 is 4.79 Å². The van der Waals surface area contributed by atoms with Crippen LogP contribution < -0.4 is 21.3 Å². The molecule has 0 spiro atoms. The van der Waals surface area contributed by atoms with Crippen molar-refractivity contribution in [2.75, 3.05) is 21.3 Å². The number of aromatic amines is 1. The fourth-order valence-electron chi connectivity index (χ4n) is 2.86. The number of thiazole rings is 1. The molecule has 0 atom stereocenters. The predicted octanol–water partition coefficient (Wildman–Crippen LogP) is 4.71. The molecule has 10 nitrogen and oxygen atoms in total. The third-order valence-electron chi connectivity index (χ3n) is 4.22. The number of aromatic nitrogens is 5. The first-order valence-electron chi connectivity index (χ1n) is 9.43. The van der Waals surface area contributed by atoms with E-state index in [9.17, 15) is 4.79 Å². The summed E-state index contributed by atoms with van der Waals surface area (Å²) in [6.45, 7) is 5.77. The third kappa shape index (κ3) is 5.34. The first kappa shape index (κ1) is 20.3. The largest absolute Gasteiger partial charge is 0.324 e. The van der Waals surface area contributed by atoms with Crippen LogP contribution in [-0.2, 0) is 0 Å². The molecule has 0 bridgehead atoms. The summed E-state index contributed by atoms with van der Waals surface area (Å²) in [5.41, 5.74) is 5.86.